The highest BCUT2D eigenvalue weighted by Gasteiger charge is 2.37. The molecule has 1 aliphatic rings. The smallest absolute Gasteiger partial charge is 0.241 e. The Hall–Kier alpha value is -1.97. The number of nitrogens with zero attached hydrogens (tertiary/aromatic N) is 2. The molecule has 0 fully saturated rings. The molecule has 4 nitrogen and oxygen atoms in total. The summed E-state index contributed by atoms with van der Waals surface area (Å²) in [4.78, 5) is 24.4. The molecule has 0 aromatic rings. The Balaban J connectivity index is 3.04. The van der Waals surface area contributed by atoms with Gasteiger partial charge >= 0.3 is 11.9 Å². The van der Waals surface area contributed by atoms with Crippen molar-refractivity contribution < 1.29 is 14.2 Å². The van der Waals surface area contributed by atoms with E-state index in [2.05, 4.69) is 19.7 Å². The first-order valence-electron chi connectivity index (χ1n) is 4.49. The molecular weight excluding hydrogens is 192 g/mol. The summed E-state index contributed by atoms with van der Waals surface area (Å²) in [7, 11) is 0. The lowest BCUT2D eigenvalue weighted by Gasteiger charge is -2.17. The van der Waals surface area contributed by atoms with Gasteiger partial charge in [-0.1, -0.05) is 31.9 Å². The van der Waals surface area contributed by atoms with Gasteiger partial charge in [0, 0.05) is 0 Å². The molecule has 0 aliphatic carbocycles. The molecule has 0 bridgehead atoms. The van der Waals surface area contributed by atoms with Crippen molar-refractivity contribution in [1.29, 1.82) is 0 Å². The van der Waals surface area contributed by atoms with Crippen LogP contribution < -0.4 is 0 Å². The van der Waals surface area contributed by atoms with Crippen LogP contribution in [0.1, 0.15) is 0 Å². The standard InChI is InChI=1S/C11H13N2O2/c1-4-6-12-8-9(3)10(14)13(7-5-2)11(12)15/h4-5,8H,1-3,6-7H2/q+1. The largest absolute Gasteiger partial charge is 0.501 e. The van der Waals surface area contributed by atoms with Gasteiger partial charge in [-0.2, -0.15) is 14.3 Å². The highest BCUT2D eigenvalue weighted by Crippen LogP contribution is 2.07. The number of carbonyl (C=O) groups is 2. The van der Waals surface area contributed by atoms with Crippen molar-refractivity contribution in [2.24, 2.45) is 0 Å². The number of carbonyl (C=O) groups excluding carboxylic acids is 2. The molecule has 4 heteroatoms. The van der Waals surface area contributed by atoms with Crippen LogP contribution in [0.4, 0.5) is 4.79 Å². The Bertz CT molecular complexity index is 380. The SMILES string of the molecule is C=CCN1C(=O)C(=C)C=[N+](CC=C)C1=O. The molecule has 0 N–H and O–H groups in total. The number of hydrogen-bond acceptors (Lipinski definition) is 2. The molecule has 0 spiro atoms. The molecule has 0 unspecified atom stereocenters. The number of amides is 3. The third kappa shape index (κ3) is 2.10. The van der Waals surface area contributed by atoms with E-state index in [1.807, 2.05) is 0 Å². The predicted molar refractivity (Wildman–Crippen MR) is 57.8 cm³/mol. The van der Waals surface area contributed by atoms with Crippen molar-refractivity contribution in [3.05, 3.63) is 37.5 Å². The van der Waals surface area contributed by atoms with Gasteiger partial charge in [-0.05, 0) is 0 Å². The second kappa shape index (κ2) is 4.50. The molecule has 0 saturated heterocycles. The van der Waals surface area contributed by atoms with Crippen LogP contribution in [0.5, 0.6) is 0 Å². The number of urea groups is 1. The second-order valence-electron chi connectivity index (χ2n) is 3.08. The van der Waals surface area contributed by atoms with Crippen molar-refractivity contribution in [2.75, 3.05) is 13.1 Å². The average molecular weight is 205 g/mol. The third-order valence-electron chi connectivity index (χ3n) is 1.95. The summed E-state index contributed by atoms with van der Waals surface area (Å²) >= 11 is 0. The molecule has 15 heavy (non-hydrogen) atoms. The Morgan fingerprint density at radius 1 is 1.33 bits per heavy atom. The van der Waals surface area contributed by atoms with Crippen LogP contribution in [0.3, 0.4) is 0 Å². The van der Waals surface area contributed by atoms with Crippen LogP contribution in [0.25, 0.3) is 0 Å². The summed E-state index contributed by atoms with van der Waals surface area (Å²) in [5.41, 5.74) is 0.290. The van der Waals surface area contributed by atoms with E-state index in [9.17, 15) is 9.59 Å². The molecule has 0 aromatic heterocycles. The van der Waals surface area contributed by atoms with Gasteiger partial charge < -0.3 is 0 Å². The van der Waals surface area contributed by atoms with Gasteiger partial charge in [0.2, 0.25) is 0 Å². The summed E-state index contributed by atoms with van der Waals surface area (Å²) in [6.07, 6.45) is 4.52. The Kier molecular flexibility index (Phi) is 3.33. The van der Waals surface area contributed by atoms with Crippen LogP contribution in [-0.2, 0) is 4.79 Å². The molecule has 0 aromatic carbocycles. The average Bonchev–Trinajstić information content (AvgIpc) is 2.21. The summed E-state index contributed by atoms with van der Waals surface area (Å²) in [6, 6.07) is -0.368. The molecular formula is C11H13N2O2+. The highest BCUT2D eigenvalue weighted by atomic mass is 16.2. The molecule has 1 heterocycles. The monoisotopic (exact) mass is 205 g/mol. The summed E-state index contributed by atoms with van der Waals surface area (Å²) in [6.45, 7) is 11.2. The molecule has 3 amide bonds. The van der Waals surface area contributed by atoms with E-state index >= 15 is 0 Å². The molecule has 1 aliphatic heterocycles. The first-order chi connectivity index (χ1) is 7.11. The van der Waals surface area contributed by atoms with E-state index in [0.717, 1.165) is 4.90 Å². The van der Waals surface area contributed by atoms with Crippen LogP contribution in [0.2, 0.25) is 0 Å². The van der Waals surface area contributed by atoms with Crippen molar-refractivity contribution in [3.8, 4) is 0 Å². The first-order valence-corrected chi connectivity index (χ1v) is 4.49. The van der Waals surface area contributed by atoms with Gasteiger partial charge in [0.15, 0.2) is 0 Å². The van der Waals surface area contributed by atoms with Gasteiger partial charge in [0.25, 0.3) is 0 Å². The Morgan fingerprint density at radius 2 is 2.00 bits per heavy atom. The molecule has 0 radical (unpaired) electrons. The van der Waals surface area contributed by atoms with Gasteiger partial charge in [0.1, 0.15) is 19.3 Å². The minimum Gasteiger partial charge on any atom is -0.241 e. The maximum absolute atomic E-state index is 11.7. The van der Waals surface area contributed by atoms with Gasteiger partial charge in [0.05, 0.1) is 5.57 Å². The zero-order chi connectivity index (χ0) is 11.4. The van der Waals surface area contributed by atoms with E-state index in [1.54, 1.807) is 6.08 Å². The topological polar surface area (TPSA) is 40.4 Å². The summed E-state index contributed by atoms with van der Waals surface area (Å²) in [5.74, 6) is -0.375. The first kappa shape index (κ1) is 11.1. The zero-order valence-electron chi connectivity index (χ0n) is 8.48. The molecule has 0 atom stereocenters. The summed E-state index contributed by atoms with van der Waals surface area (Å²) in [5, 5.41) is 0. The van der Waals surface area contributed by atoms with Crippen LogP contribution in [0.15, 0.2) is 37.5 Å². The lowest BCUT2D eigenvalue weighted by Crippen LogP contribution is -2.47. The lowest BCUT2D eigenvalue weighted by molar-refractivity contribution is -0.420. The van der Waals surface area contributed by atoms with E-state index in [0.29, 0.717) is 12.1 Å². The maximum atomic E-state index is 11.7. The fourth-order valence-electron chi connectivity index (χ4n) is 1.27. The normalized spacial score (nSPS) is 16.4. The van der Waals surface area contributed by atoms with Crippen molar-refractivity contribution in [1.82, 2.24) is 4.90 Å². The number of rotatable bonds is 4. The highest BCUT2D eigenvalue weighted by molar-refractivity contribution is 6.17. The lowest BCUT2D eigenvalue weighted by atomic mass is 10.2. The minimum absolute atomic E-state index is 0.193. The van der Waals surface area contributed by atoms with Crippen molar-refractivity contribution >= 4 is 18.2 Å². The van der Waals surface area contributed by atoms with Crippen LogP contribution >= 0.6 is 0 Å². The minimum atomic E-state index is -0.375. The van der Waals surface area contributed by atoms with E-state index in [1.165, 1.54) is 16.9 Å². The Morgan fingerprint density at radius 3 is 2.53 bits per heavy atom. The molecule has 78 valence electrons. The zero-order valence-corrected chi connectivity index (χ0v) is 8.48. The van der Waals surface area contributed by atoms with Crippen LogP contribution in [0, 0.1) is 0 Å². The van der Waals surface area contributed by atoms with Gasteiger partial charge in [-0.15, -0.1) is 0 Å². The van der Waals surface area contributed by atoms with E-state index in [4.69, 9.17) is 0 Å². The van der Waals surface area contributed by atoms with Crippen molar-refractivity contribution in [2.45, 2.75) is 0 Å². The van der Waals surface area contributed by atoms with Crippen LogP contribution in [-0.4, -0.2) is 40.7 Å². The maximum Gasteiger partial charge on any atom is 0.501 e. The number of imide groups is 1. The van der Waals surface area contributed by atoms with Gasteiger partial charge in [-0.25, -0.2) is 4.79 Å². The third-order valence-corrected chi connectivity index (χ3v) is 1.95. The fraction of sp³-hybridized carbons (Fsp3) is 0.182. The molecule has 0 saturated carbocycles. The fourth-order valence-corrected chi connectivity index (χ4v) is 1.27. The van der Waals surface area contributed by atoms with Gasteiger partial charge in [-0.3, -0.25) is 0 Å². The predicted octanol–water partition coefficient (Wildman–Crippen LogP) is 0.960. The summed E-state index contributed by atoms with van der Waals surface area (Å²) < 4.78 is 1.39. The second-order valence-corrected chi connectivity index (χ2v) is 3.08. The quantitative estimate of drug-likeness (QED) is 0.389. The van der Waals surface area contributed by atoms with E-state index in [-0.39, 0.29) is 18.5 Å². The number of hydrogen-bond donors (Lipinski definition) is 0. The van der Waals surface area contributed by atoms with Crippen molar-refractivity contribution in [3.63, 3.8) is 0 Å². The van der Waals surface area contributed by atoms with E-state index < -0.39 is 0 Å². The Labute approximate surface area is 88.5 Å². The molecule has 1 rings (SSSR count).